The van der Waals surface area contributed by atoms with Crippen LogP contribution in [0.5, 0.6) is 0 Å². The number of hydrogen-bond acceptors (Lipinski definition) is 8. The highest BCUT2D eigenvalue weighted by Crippen LogP contribution is 2.37. The van der Waals surface area contributed by atoms with Crippen molar-refractivity contribution in [3.63, 3.8) is 0 Å². The first kappa shape index (κ1) is 22.0. The predicted octanol–water partition coefficient (Wildman–Crippen LogP) is -0.689. The number of aromatic amines is 1. The number of nitrogens with zero attached hydrogens (tertiary/aromatic N) is 1. The average molecular weight is 408 g/mol. The van der Waals surface area contributed by atoms with Gasteiger partial charge >= 0.3 is 13.9 Å². The number of rotatable bonds is 8. The monoisotopic (exact) mass is 408 g/mol. The summed E-state index contributed by atoms with van der Waals surface area (Å²) in [6.45, 7) is 4.47. The van der Waals surface area contributed by atoms with Crippen molar-refractivity contribution < 1.29 is 33.3 Å². The summed E-state index contributed by atoms with van der Waals surface area (Å²) in [5.41, 5.74) is -1.03. The number of hydrogen-bond donors (Lipinski definition) is 3. The van der Waals surface area contributed by atoms with Crippen LogP contribution < -0.4 is 11.2 Å². The maximum absolute atomic E-state index is 12.3. The summed E-state index contributed by atoms with van der Waals surface area (Å²) in [7, 11) is -1.88. The Hall–Kier alpha value is -1.33. The number of aryl methyl sites for hydroxylation is 1. The fourth-order valence-electron chi connectivity index (χ4n) is 2.81. The first-order valence-corrected chi connectivity index (χ1v) is 9.62. The van der Waals surface area contributed by atoms with Gasteiger partial charge in [-0.05, 0) is 20.8 Å². The Balaban J connectivity index is 2.46. The van der Waals surface area contributed by atoms with E-state index >= 15 is 0 Å². The molecule has 0 saturated carbocycles. The lowest BCUT2D eigenvalue weighted by Crippen LogP contribution is -2.43. The molecule has 1 saturated heterocycles. The summed E-state index contributed by atoms with van der Waals surface area (Å²) in [5, 5.41) is 9.59. The van der Waals surface area contributed by atoms with E-state index in [1.807, 2.05) is 0 Å². The smallest absolute Gasteiger partial charge is 0.330 e. The fourth-order valence-corrected chi connectivity index (χ4v) is 3.33. The van der Waals surface area contributed by atoms with E-state index in [1.54, 1.807) is 13.8 Å². The van der Waals surface area contributed by atoms with E-state index in [0.717, 1.165) is 4.57 Å². The van der Waals surface area contributed by atoms with Gasteiger partial charge in [0.2, 0.25) is 0 Å². The van der Waals surface area contributed by atoms with Gasteiger partial charge in [-0.2, -0.15) is 0 Å². The number of methoxy groups -OCH3 is 1. The third-order valence-corrected chi connectivity index (χ3v) is 5.00. The number of nitrogens with one attached hydrogen (secondary N) is 1. The molecule has 1 aliphatic rings. The second kappa shape index (κ2) is 9.24. The molecule has 0 spiro atoms. The Morgan fingerprint density at radius 2 is 2.00 bits per heavy atom. The van der Waals surface area contributed by atoms with E-state index in [-0.39, 0.29) is 11.7 Å². The molecule has 1 aliphatic heterocycles. The molecule has 1 aromatic rings. The van der Waals surface area contributed by atoms with Crippen LogP contribution in [-0.4, -0.2) is 63.8 Å². The quantitative estimate of drug-likeness (QED) is 0.475. The molecule has 2 heterocycles. The summed E-state index contributed by atoms with van der Waals surface area (Å²) in [5.74, 6) is 0. The highest BCUT2D eigenvalue weighted by molar-refractivity contribution is 7.32. The minimum atomic E-state index is -3.38. The van der Waals surface area contributed by atoms with E-state index < -0.39 is 56.8 Å². The Kier molecular flexibility index (Phi) is 7.52. The van der Waals surface area contributed by atoms with Crippen LogP contribution in [0.1, 0.15) is 25.6 Å². The van der Waals surface area contributed by atoms with Crippen LogP contribution in [0.15, 0.2) is 15.8 Å². The molecule has 0 aliphatic carbocycles. The van der Waals surface area contributed by atoms with Crippen LogP contribution in [-0.2, 0) is 23.3 Å². The Morgan fingerprint density at radius 1 is 1.33 bits per heavy atom. The van der Waals surface area contributed by atoms with Gasteiger partial charge in [0.15, 0.2) is 6.23 Å². The van der Waals surface area contributed by atoms with Gasteiger partial charge in [0, 0.05) is 18.9 Å². The van der Waals surface area contributed by atoms with Crippen molar-refractivity contribution in [2.45, 2.75) is 57.5 Å². The van der Waals surface area contributed by atoms with Crippen molar-refractivity contribution in [2.75, 3.05) is 13.7 Å². The molecular weight excluding hydrogens is 383 g/mol. The molecule has 0 bridgehead atoms. The molecule has 0 amide bonds. The lowest BCUT2D eigenvalue weighted by molar-refractivity contribution is -0.127. The van der Waals surface area contributed by atoms with Crippen LogP contribution in [0.4, 0.5) is 0 Å². The largest absolute Gasteiger partial charge is 0.394 e. The first-order valence-electron chi connectivity index (χ1n) is 8.35. The summed E-state index contributed by atoms with van der Waals surface area (Å²) >= 11 is 0. The highest BCUT2D eigenvalue weighted by atomic mass is 31.1. The molecule has 12 heteroatoms. The maximum Gasteiger partial charge on any atom is 0.330 e. The molecule has 3 unspecified atom stereocenters. The van der Waals surface area contributed by atoms with Gasteiger partial charge in [-0.1, -0.05) is 0 Å². The molecule has 0 radical (unpaired) electrons. The minimum absolute atomic E-state index is 0.260. The third kappa shape index (κ3) is 4.94. The topological polar surface area (TPSA) is 149 Å². The maximum atomic E-state index is 12.3. The van der Waals surface area contributed by atoms with E-state index in [9.17, 15) is 24.2 Å². The summed E-state index contributed by atoms with van der Waals surface area (Å²) in [6.07, 6.45) is -3.75. The third-order valence-electron chi connectivity index (χ3n) is 4.53. The number of aromatic nitrogens is 2. The van der Waals surface area contributed by atoms with Crippen molar-refractivity contribution in [3.05, 3.63) is 32.6 Å². The zero-order chi connectivity index (χ0) is 20.3. The van der Waals surface area contributed by atoms with Gasteiger partial charge in [0.1, 0.15) is 18.3 Å². The Bertz CT molecular complexity index is 779. The van der Waals surface area contributed by atoms with Crippen molar-refractivity contribution in [3.8, 4) is 0 Å². The van der Waals surface area contributed by atoms with Crippen molar-refractivity contribution in [2.24, 2.45) is 0 Å². The summed E-state index contributed by atoms with van der Waals surface area (Å²) < 4.78 is 34.3. The second-order valence-corrected chi connectivity index (χ2v) is 7.09. The Labute approximate surface area is 155 Å². The fraction of sp³-hybridized carbons (Fsp3) is 0.733. The van der Waals surface area contributed by atoms with E-state index in [0.29, 0.717) is 0 Å². The predicted molar refractivity (Wildman–Crippen MR) is 94.0 cm³/mol. The van der Waals surface area contributed by atoms with Crippen LogP contribution in [0.25, 0.3) is 0 Å². The van der Waals surface area contributed by atoms with Gasteiger partial charge in [0.25, 0.3) is 5.56 Å². The molecule has 27 heavy (non-hydrogen) atoms. The molecule has 1 aromatic heterocycles. The molecular formula is C15H25N2O9P. The Morgan fingerprint density at radius 3 is 2.56 bits per heavy atom. The van der Waals surface area contributed by atoms with E-state index in [4.69, 9.17) is 18.7 Å². The van der Waals surface area contributed by atoms with Crippen molar-refractivity contribution >= 4 is 8.25 Å². The highest BCUT2D eigenvalue weighted by Gasteiger charge is 2.49. The number of aliphatic hydroxyl groups is 1. The van der Waals surface area contributed by atoms with Crippen LogP contribution in [0.3, 0.4) is 0 Å². The first-order chi connectivity index (χ1) is 12.7. The molecule has 3 N–H and O–H groups in total. The van der Waals surface area contributed by atoms with Gasteiger partial charge in [-0.3, -0.25) is 18.9 Å². The van der Waals surface area contributed by atoms with Crippen LogP contribution in [0, 0.1) is 6.92 Å². The SMILES string of the molecule is CO[C@H](C)[C@@H](C)OC1C(O[PH](=O)O)[C@@H](CO)O[C@H]1n1cc(C)c(=O)[nH]c1=O. The van der Waals surface area contributed by atoms with Gasteiger partial charge in [-0.15, -0.1) is 0 Å². The zero-order valence-corrected chi connectivity index (χ0v) is 16.4. The minimum Gasteiger partial charge on any atom is -0.394 e. The van der Waals surface area contributed by atoms with Crippen LogP contribution in [0.2, 0.25) is 0 Å². The standard InChI is InChI=1S/C15H25N2O9P/c1-7-5-17(15(20)16-13(7)19)14-12(24-9(3)8(2)23-4)11(26-27(21)22)10(6-18)25-14/h5,8-12,14,18,27H,6H2,1-4H3,(H,21,22)(H,16,19,20)/t8-,9-,10-,11?,12?,14-/m1/s1. The number of H-pyrrole nitrogens is 1. The average Bonchev–Trinajstić information content (AvgIpc) is 2.94. The molecule has 154 valence electrons. The molecule has 11 nitrogen and oxygen atoms in total. The second-order valence-electron chi connectivity index (χ2n) is 6.32. The van der Waals surface area contributed by atoms with Crippen molar-refractivity contribution in [1.82, 2.24) is 9.55 Å². The van der Waals surface area contributed by atoms with Crippen molar-refractivity contribution in [1.29, 1.82) is 0 Å². The normalized spacial score (nSPS) is 28.8. The lowest BCUT2D eigenvalue weighted by atomic mass is 10.1. The molecule has 2 rings (SSSR count). The lowest BCUT2D eigenvalue weighted by Gasteiger charge is -2.29. The zero-order valence-electron chi connectivity index (χ0n) is 15.4. The van der Waals surface area contributed by atoms with E-state index in [2.05, 4.69) is 4.98 Å². The number of ether oxygens (including phenoxy) is 3. The van der Waals surface area contributed by atoms with Crippen LogP contribution >= 0.6 is 8.25 Å². The molecule has 1 fully saturated rings. The van der Waals surface area contributed by atoms with Gasteiger partial charge in [0.05, 0.1) is 18.8 Å². The van der Waals surface area contributed by atoms with E-state index in [1.165, 1.54) is 20.2 Å². The van der Waals surface area contributed by atoms with Gasteiger partial charge < -0.3 is 28.7 Å². The number of aliphatic hydroxyl groups excluding tert-OH is 1. The summed E-state index contributed by atoms with van der Waals surface area (Å²) in [6, 6.07) is 0. The summed E-state index contributed by atoms with van der Waals surface area (Å²) in [4.78, 5) is 35.3. The van der Waals surface area contributed by atoms with Gasteiger partial charge in [-0.25, -0.2) is 4.79 Å². The molecule has 7 atom stereocenters. The molecule has 0 aromatic carbocycles.